The average molecular weight is 467 g/mol. The number of methoxy groups -OCH3 is 2. The van der Waals surface area contributed by atoms with Crippen molar-refractivity contribution < 1.29 is 19.1 Å². The molecule has 0 atom stereocenters. The Bertz CT molecular complexity index is 1270. The van der Waals surface area contributed by atoms with Gasteiger partial charge in [0.1, 0.15) is 11.5 Å². The summed E-state index contributed by atoms with van der Waals surface area (Å²) in [5.74, 6) is -1.39. The van der Waals surface area contributed by atoms with Crippen LogP contribution in [0.3, 0.4) is 0 Å². The van der Waals surface area contributed by atoms with Crippen molar-refractivity contribution in [3.63, 3.8) is 0 Å². The largest absolute Gasteiger partial charge is 0.465 e. The second-order valence-corrected chi connectivity index (χ2v) is 7.29. The summed E-state index contributed by atoms with van der Waals surface area (Å²) in [6, 6.07) is 11.8. The van der Waals surface area contributed by atoms with Crippen molar-refractivity contribution in [3.8, 4) is 0 Å². The Morgan fingerprint density at radius 1 is 1.12 bits per heavy atom. The van der Waals surface area contributed by atoms with Crippen LogP contribution in [0.5, 0.6) is 0 Å². The Morgan fingerprint density at radius 2 is 1.85 bits per heavy atom. The van der Waals surface area contributed by atoms with E-state index in [0.29, 0.717) is 13.0 Å². The predicted octanol–water partition coefficient (Wildman–Crippen LogP) is 1.03. The van der Waals surface area contributed by atoms with Crippen molar-refractivity contribution in [2.75, 3.05) is 38.0 Å². The molecule has 3 N–H and O–H groups in total. The summed E-state index contributed by atoms with van der Waals surface area (Å²) < 4.78 is 10.9. The molecule has 11 heteroatoms. The zero-order valence-electron chi connectivity index (χ0n) is 18.8. The number of carbonyl (C=O) groups is 2. The van der Waals surface area contributed by atoms with Gasteiger partial charge < -0.3 is 15.2 Å². The first-order valence-corrected chi connectivity index (χ1v) is 10.4. The van der Waals surface area contributed by atoms with Gasteiger partial charge in [-0.25, -0.2) is 9.59 Å². The first-order chi connectivity index (χ1) is 16.4. The number of rotatable bonds is 9. The third kappa shape index (κ3) is 5.38. The van der Waals surface area contributed by atoms with Gasteiger partial charge in [-0.2, -0.15) is 0 Å². The van der Waals surface area contributed by atoms with Gasteiger partial charge in [0.15, 0.2) is 5.69 Å². The Kier molecular flexibility index (Phi) is 7.93. The number of ether oxygens (including phenoxy) is 2. The Balaban J connectivity index is 2.05. The van der Waals surface area contributed by atoms with Gasteiger partial charge in [-0.3, -0.25) is 29.0 Å². The number of anilines is 2. The summed E-state index contributed by atoms with van der Waals surface area (Å²) in [6.45, 7) is 0.491. The van der Waals surface area contributed by atoms with Crippen molar-refractivity contribution in [3.05, 3.63) is 86.3 Å². The molecule has 0 bridgehead atoms. The molecule has 11 nitrogen and oxygen atoms in total. The van der Waals surface area contributed by atoms with Gasteiger partial charge in [-0.1, -0.05) is 30.3 Å². The number of nitrogens with two attached hydrogens (primary N) is 1. The number of esters is 1. The molecule has 1 aromatic carbocycles. The second kappa shape index (κ2) is 11.1. The predicted molar refractivity (Wildman–Crippen MR) is 125 cm³/mol. The lowest BCUT2D eigenvalue weighted by Gasteiger charge is -2.24. The second-order valence-electron chi connectivity index (χ2n) is 7.29. The highest BCUT2D eigenvalue weighted by molar-refractivity contribution is 6.06. The number of H-pyrrole nitrogens is 1. The van der Waals surface area contributed by atoms with Crippen LogP contribution in [-0.4, -0.2) is 53.8 Å². The summed E-state index contributed by atoms with van der Waals surface area (Å²) in [7, 11) is 2.75. The minimum Gasteiger partial charge on any atom is -0.465 e. The Hall–Kier alpha value is -4.25. The van der Waals surface area contributed by atoms with Gasteiger partial charge in [0.05, 0.1) is 19.2 Å². The molecule has 2 heterocycles. The van der Waals surface area contributed by atoms with Crippen molar-refractivity contribution in [2.45, 2.75) is 13.0 Å². The third-order valence-electron chi connectivity index (χ3n) is 5.05. The van der Waals surface area contributed by atoms with E-state index in [1.54, 1.807) is 0 Å². The molecule has 0 aliphatic rings. The zero-order valence-corrected chi connectivity index (χ0v) is 18.8. The lowest BCUT2D eigenvalue weighted by atomic mass is 10.2. The summed E-state index contributed by atoms with van der Waals surface area (Å²) >= 11 is 0. The van der Waals surface area contributed by atoms with Gasteiger partial charge in [0.25, 0.3) is 11.5 Å². The molecule has 0 fully saturated rings. The quantitative estimate of drug-likeness (QED) is 0.350. The highest BCUT2D eigenvalue weighted by atomic mass is 16.5. The number of carbonyl (C=O) groups excluding carboxylic acids is 2. The lowest BCUT2D eigenvalue weighted by Crippen LogP contribution is -2.42. The van der Waals surface area contributed by atoms with E-state index in [-0.39, 0.29) is 35.9 Å². The van der Waals surface area contributed by atoms with Crippen LogP contribution in [0.2, 0.25) is 0 Å². The summed E-state index contributed by atoms with van der Waals surface area (Å²) in [5.41, 5.74) is 5.53. The highest BCUT2D eigenvalue weighted by Crippen LogP contribution is 2.20. The van der Waals surface area contributed by atoms with Crippen molar-refractivity contribution in [2.24, 2.45) is 0 Å². The first kappa shape index (κ1) is 24.4. The Morgan fingerprint density at radius 3 is 2.47 bits per heavy atom. The van der Waals surface area contributed by atoms with Gasteiger partial charge in [-0.15, -0.1) is 0 Å². The summed E-state index contributed by atoms with van der Waals surface area (Å²) in [4.78, 5) is 57.8. The highest BCUT2D eigenvalue weighted by Gasteiger charge is 2.26. The molecule has 1 amide bonds. The van der Waals surface area contributed by atoms with Crippen LogP contribution in [0, 0.1) is 0 Å². The zero-order chi connectivity index (χ0) is 24.7. The molecule has 0 saturated heterocycles. The number of pyridine rings is 1. The topological polar surface area (TPSA) is 150 Å². The van der Waals surface area contributed by atoms with Crippen LogP contribution in [0.1, 0.15) is 32.8 Å². The molecule has 0 spiro atoms. The molecule has 0 unspecified atom stereocenters. The molecule has 0 aliphatic heterocycles. The molecule has 3 aromatic rings. The molecule has 0 radical (unpaired) electrons. The number of hydrogen-bond donors (Lipinski definition) is 2. The van der Waals surface area contributed by atoms with Crippen LogP contribution >= 0.6 is 0 Å². The van der Waals surface area contributed by atoms with Gasteiger partial charge in [0.2, 0.25) is 0 Å². The molecule has 3 rings (SSSR count). The summed E-state index contributed by atoms with van der Waals surface area (Å²) in [6.07, 6.45) is 1.59. The van der Waals surface area contributed by atoms with Crippen molar-refractivity contribution in [1.29, 1.82) is 0 Å². The van der Waals surface area contributed by atoms with Crippen molar-refractivity contribution in [1.82, 2.24) is 14.5 Å². The molecule has 2 aromatic heterocycles. The van der Waals surface area contributed by atoms with E-state index in [9.17, 15) is 19.2 Å². The van der Waals surface area contributed by atoms with Crippen LogP contribution in [-0.2, 0) is 16.0 Å². The van der Waals surface area contributed by atoms with E-state index in [1.807, 2.05) is 30.3 Å². The number of nitrogens with zero attached hydrogens (tertiary/aromatic N) is 3. The number of aromatic nitrogens is 3. The molecule has 0 aliphatic carbocycles. The number of nitrogens with one attached hydrogen (secondary N) is 1. The smallest absolute Gasteiger partial charge is 0.339 e. The molecular formula is C23H25N5O6. The van der Waals surface area contributed by atoms with Crippen LogP contribution in [0.4, 0.5) is 11.5 Å². The number of benzene rings is 1. The van der Waals surface area contributed by atoms with Crippen LogP contribution < -0.4 is 21.9 Å². The molecular weight excluding hydrogens is 442 g/mol. The number of hydrogen-bond acceptors (Lipinski definition) is 8. The number of nitrogen functional groups attached to an aromatic ring is 1. The third-order valence-corrected chi connectivity index (χ3v) is 5.05. The maximum Gasteiger partial charge on any atom is 0.339 e. The van der Waals surface area contributed by atoms with Crippen molar-refractivity contribution >= 4 is 23.4 Å². The fourth-order valence-electron chi connectivity index (χ4n) is 3.34. The first-order valence-electron chi connectivity index (χ1n) is 10.4. The van der Waals surface area contributed by atoms with E-state index in [4.69, 9.17) is 10.5 Å². The SMILES string of the molecule is COCCCN(C(=O)c1ccc(C(=O)OC)cn1)c1c(N)n(Cc2ccccc2)c(=O)[nH]c1=O. The average Bonchev–Trinajstić information content (AvgIpc) is 2.85. The van der Waals surface area contributed by atoms with Gasteiger partial charge in [-0.05, 0) is 24.1 Å². The molecule has 178 valence electrons. The van der Waals surface area contributed by atoms with Crippen LogP contribution in [0.15, 0.2) is 58.3 Å². The normalized spacial score (nSPS) is 10.6. The van der Waals surface area contributed by atoms with E-state index in [0.717, 1.165) is 10.5 Å². The lowest BCUT2D eigenvalue weighted by molar-refractivity contribution is 0.0599. The summed E-state index contributed by atoms with van der Waals surface area (Å²) in [5, 5.41) is 0. The minimum absolute atomic E-state index is 0.0234. The minimum atomic E-state index is -0.802. The van der Waals surface area contributed by atoms with Gasteiger partial charge in [0, 0.05) is 26.5 Å². The maximum absolute atomic E-state index is 13.4. The van der Waals surface area contributed by atoms with E-state index < -0.39 is 23.1 Å². The van der Waals surface area contributed by atoms with Gasteiger partial charge >= 0.3 is 11.7 Å². The monoisotopic (exact) mass is 467 g/mol. The molecule has 34 heavy (non-hydrogen) atoms. The Labute approximate surface area is 194 Å². The fraction of sp³-hybridized carbons (Fsp3) is 0.261. The molecule has 0 saturated carbocycles. The number of amides is 1. The maximum atomic E-state index is 13.4. The fourth-order valence-corrected chi connectivity index (χ4v) is 3.34. The number of aromatic amines is 1. The van der Waals surface area contributed by atoms with E-state index in [1.165, 1.54) is 37.1 Å². The van der Waals surface area contributed by atoms with Crippen LogP contribution in [0.25, 0.3) is 0 Å². The van der Waals surface area contributed by atoms with E-state index in [2.05, 4.69) is 14.7 Å². The van der Waals surface area contributed by atoms with E-state index >= 15 is 0 Å². The standard InChI is InChI=1S/C23H25N5O6/c1-33-12-6-11-27(21(30)17-10-9-16(13-25-17)22(31)34-2)18-19(24)28(23(32)26-20(18)29)14-15-7-4-3-5-8-15/h3-5,7-10,13H,6,11-12,14,24H2,1-2H3,(H,26,29,32).